The Morgan fingerprint density at radius 2 is 2.15 bits per heavy atom. The van der Waals surface area contributed by atoms with Gasteiger partial charge in [0.25, 0.3) is 11.8 Å². The monoisotopic (exact) mass is 398 g/mol. The molecule has 1 atom stereocenters. The molecule has 0 bridgehead atoms. The van der Waals surface area contributed by atoms with Crippen molar-refractivity contribution in [3.63, 3.8) is 0 Å². The van der Waals surface area contributed by atoms with E-state index in [1.54, 1.807) is 18.3 Å². The maximum absolute atomic E-state index is 13.9. The molecule has 5 nitrogen and oxygen atoms in total. The van der Waals surface area contributed by atoms with E-state index < -0.39 is 17.9 Å². The highest BCUT2D eigenvalue weighted by molar-refractivity contribution is 6.36. The molecule has 2 heterocycles. The number of hydrogen-bond acceptors (Lipinski definition) is 3. The van der Waals surface area contributed by atoms with Gasteiger partial charge in [0.05, 0.1) is 42.0 Å². The van der Waals surface area contributed by atoms with E-state index in [9.17, 15) is 18.7 Å². The van der Waals surface area contributed by atoms with Crippen LogP contribution in [-0.2, 0) is 4.74 Å². The Morgan fingerprint density at radius 1 is 1.37 bits per heavy atom. The molecule has 2 aromatic rings. The van der Waals surface area contributed by atoms with E-state index >= 15 is 0 Å². The van der Waals surface area contributed by atoms with Crippen LogP contribution in [0, 0.1) is 0 Å². The van der Waals surface area contributed by atoms with Gasteiger partial charge in [0, 0.05) is 29.9 Å². The molecule has 4 rings (SSSR count). The van der Waals surface area contributed by atoms with Crippen LogP contribution in [0.2, 0.25) is 5.02 Å². The molecule has 1 amide bonds. The predicted octanol–water partition coefficient (Wildman–Crippen LogP) is 3.60. The Balaban J connectivity index is 1.65. The summed E-state index contributed by atoms with van der Waals surface area (Å²) in [7, 11) is 0. The number of halogens is 3. The second-order valence-electron chi connectivity index (χ2n) is 7.60. The molecule has 1 aliphatic heterocycles. The van der Waals surface area contributed by atoms with Gasteiger partial charge < -0.3 is 19.7 Å². The molecular formula is C19H21ClF2N2O3. The highest BCUT2D eigenvalue weighted by Gasteiger charge is 2.47. The number of nitrogens with zero attached hydrogens (tertiary/aromatic N) is 1. The molecule has 27 heavy (non-hydrogen) atoms. The molecule has 2 aliphatic rings. The van der Waals surface area contributed by atoms with E-state index in [0.717, 1.165) is 5.52 Å². The van der Waals surface area contributed by atoms with Crippen molar-refractivity contribution in [2.75, 3.05) is 19.8 Å². The molecule has 2 N–H and O–H groups in total. The van der Waals surface area contributed by atoms with Gasteiger partial charge in [0.1, 0.15) is 0 Å². The lowest BCUT2D eigenvalue weighted by Gasteiger charge is -2.44. The van der Waals surface area contributed by atoms with Crippen LogP contribution >= 0.6 is 11.6 Å². The van der Waals surface area contributed by atoms with Crippen molar-refractivity contribution >= 4 is 28.4 Å². The molecule has 1 saturated carbocycles. The van der Waals surface area contributed by atoms with Gasteiger partial charge in [-0.2, -0.15) is 0 Å². The fraction of sp³-hybridized carbons (Fsp3) is 0.526. The predicted molar refractivity (Wildman–Crippen MR) is 97.3 cm³/mol. The van der Waals surface area contributed by atoms with E-state index in [1.807, 2.05) is 6.07 Å². The fourth-order valence-corrected chi connectivity index (χ4v) is 4.30. The fourth-order valence-electron chi connectivity index (χ4n) is 4.02. The molecule has 1 aromatic heterocycles. The average Bonchev–Trinajstić information content (AvgIpc) is 2.96. The number of hydrogen-bond donors (Lipinski definition) is 2. The summed E-state index contributed by atoms with van der Waals surface area (Å²) in [6.07, 6.45) is 1.19. The van der Waals surface area contributed by atoms with Gasteiger partial charge in [-0.25, -0.2) is 8.78 Å². The number of carbonyl (C=O) groups is 1. The van der Waals surface area contributed by atoms with Crippen LogP contribution in [0.1, 0.15) is 36.0 Å². The topological polar surface area (TPSA) is 65.6 Å². The summed E-state index contributed by atoms with van der Waals surface area (Å²) in [4.78, 5) is 17.8. The number of aromatic nitrogens is 1. The van der Waals surface area contributed by atoms with Crippen LogP contribution in [0.25, 0.3) is 10.9 Å². The minimum atomic E-state index is -2.91. The minimum absolute atomic E-state index is 0.146. The molecule has 1 saturated heterocycles. The molecule has 0 radical (unpaired) electrons. The number of nitrogens with one attached hydrogen (secondary N) is 1. The molecule has 146 valence electrons. The maximum Gasteiger partial charge on any atom is 0.256 e. The van der Waals surface area contributed by atoms with Crippen molar-refractivity contribution in [1.29, 1.82) is 0 Å². The average molecular weight is 399 g/mol. The Morgan fingerprint density at radius 3 is 2.81 bits per heavy atom. The summed E-state index contributed by atoms with van der Waals surface area (Å²) in [5.41, 5.74) is -0.518. The number of carbonyl (C=O) groups excluding carboxylic acids is 1. The zero-order chi connectivity index (χ0) is 19.2. The second-order valence-corrected chi connectivity index (χ2v) is 8.01. The SMILES string of the molecule is O=C(c1c[nH]c2cccc(Cl)c12)N(C[C@]1(O)CCCC(F)(F)C1)C1COC1. The quantitative estimate of drug-likeness (QED) is 0.827. The molecule has 8 heteroatoms. The van der Waals surface area contributed by atoms with Gasteiger partial charge in [-0.05, 0) is 25.0 Å². The van der Waals surface area contributed by atoms with Crippen molar-refractivity contribution in [2.45, 2.75) is 43.2 Å². The third-order valence-electron chi connectivity index (χ3n) is 5.44. The van der Waals surface area contributed by atoms with Gasteiger partial charge in [0.15, 0.2) is 0 Å². The molecule has 0 unspecified atom stereocenters. The van der Waals surface area contributed by atoms with Crippen LogP contribution < -0.4 is 0 Å². The molecular weight excluding hydrogens is 378 g/mol. The summed E-state index contributed by atoms with van der Waals surface area (Å²) in [5.74, 6) is -3.26. The number of rotatable bonds is 4. The number of aliphatic hydroxyl groups is 1. The first-order chi connectivity index (χ1) is 12.8. The first-order valence-corrected chi connectivity index (χ1v) is 9.40. The smallest absolute Gasteiger partial charge is 0.256 e. The van der Waals surface area contributed by atoms with Crippen LogP contribution in [0.4, 0.5) is 8.78 Å². The standard InChI is InChI=1S/C19H21ClF2N2O3/c20-14-3-1-4-15-16(14)13(7-23-15)17(25)24(12-8-27-9-12)11-18(26)5-2-6-19(21,22)10-18/h1,3-4,7,12,23,26H,2,5-6,8-11H2/t18-/m0/s1. The Hall–Kier alpha value is -1.70. The molecule has 2 fully saturated rings. The van der Waals surface area contributed by atoms with E-state index in [0.29, 0.717) is 29.2 Å². The normalized spacial score (nSPS) is 25.3. The summed E-state index contributed by atoms with van der Waals surface area (Å²) in [6, 6.07) is 5.04. The summed E-state index contributed by atoms with van der Waals surface area (Å²) < 4.78 is 32.9. The van der Waals surface area contributed by atoms with Crippen molar-refractivity contribution in [1.82, 2.24) is 9.88 Å². The highest BCUT2D eigenvalue weighted by Crippen LogP contribution is 2.40. The lowest BCUT2D eigenvalue weighted by molar-refractivity contribution is -0.142. The summed E-state index contributed by atoms with van der Waals surface area (Å²) >= 11 is 6.27. The summed E-state index contributed by atoms with van der Waals surface area (Å²) in [6.45, 7) is 0.509. The van der Waals surface area contributed by atoms with Crippen LogP contribution in [0.15, 0.2) is 24.4 Å². The van der Waals surface area contributed by atoms with Crippen molar-refractivity contribution in [2.24, 2.45) is 0 Å². The number of ether oxygens (including phenoxy) is 1. The number of fused-ring (bicyclic) bond motifs is 1. The number of H-pyrrole nitrogens is 1. The Bertz CT molecular complexity index is 868. The van der Waals surface area contributed by atoms with Gasteiger partial charge in [-0.3, -0.25) is 4.79 Å². The Labute approximate surface area is 160 Å². The van der Waals surface area contributed by atoms with E-state index in [4.69, 9.17) is 16.3 Å². The summed E-state index contributed by atoms with van der Waals surface area (Å²) in [5, 5.41) is 11.8. The van der Waals surface area contributed by atoms with Gasteiger partial charge in [0.2, 0.25) is 0 Å². The Kier molecular flexibility index (Phi) is 4.64. The lowest BCUT2D eigenvalue weighted by Crippen LogP contribution is -2.58. The molecule has 1 aromatic carbocycles. The van der Waals surface area contributed by atoms with Crippen LogP contribution in [0.5, 0.6) is 0 Å². The van der Waals surface area contributed by atoms with E-state index in [-0.39, 0.29) is 37.8 Å². The van der Waals surface area contributed by atoms with Gasteiger partial charge >= 0.3 is 0 Å². The lowest BCUT2D eigenvalue weighted by atomic mass is 9.81. The molecule has 1 aliphatic carbocycles. The van der Waals surface area contributed by atoms with Crippen molar-refractivity contribution < 1.29 is 23.4 Å². The third kappa shape index (κ3) is 3.56. The van der Waals surface area contributed by atoms with Gasteiger partial charge in [-0.15, -0.1) is 0 Å². The highest BCUT2D eigenvalue weighted by atomic mass is 35.5. The van der Waals surface area contributed by atoms with Crippen LogP contribution in [0.3, 0.4) is 0 Å². The van der Waals surface area contributed by atoms with Crippen molar-refractivity contribution in [3.05, 3.63) is 35.0 Å². The first kappa shape index (κ1) is 18.7. The van der Waals surface area contributed by atoms with Crippen molar-refractivity contribution in [3.8, 4) is 0 Å². The number of benzene rings is 1. The zero-order valence-corrected chi connectivity index (χ0v) is 15.4. The second kappa shape index (κ2) is 6.72. The van der Waals surface area contributed by atoms with E-state index in [2.05, 4.69) is 4.98 Å². The van der Waals surface area contributed by atoms with Gasteiger partial charge in [-0.1, -0.05) is 17.7 Å². The maximum atomic E-state index is 13.9. The minimum Gasteiger partial charge on any atom is -0.388 e. The largest absolute Gasteiger partial charge is 0.388 e. The number of amides is 1. The third-order valence-corrected chi connectivity index (χ3v) is 5.76. The van der Waals surface area contributed by atoms with Crippen LogP contribution in [-0.4, -0.2) is 58.2 Å². The number of aromatic amines is 1. The number of alkyl halides is 2. The first-order valence-electron chi connectivity index (χ1n) is 9.03. The van der Waals surface area contributed by atoms with E-state index in [1.165, 1.54) is 4.90 Å². The zero-order valence-electron chi connectivity index (χ0n) is 14.7. The molecule has 0 spiro atoms.